The topological polar surface area (TPSA) is 37.3 Å². The fourth-order valence-electron chi connectivity index (χ4n) is 2.05. The molecule has 0 unspecified atom stereocenters. The molecule has 2 nitrogen and oxygen atoms in total. The first-order valence-corrected chi connectivity index (χ1v) is 4.09. The van der Waals surface area contributed by atoms with Gasteiger partial charge in [0, 0.05) is 5.41 Å². The van der Waals surface area contributed by atoms with Crippen LogP contribution in [0.5, 0.6) is 0 Å². The Balaban J connectivity index is 2.70. The molecular weight excluding hydrogens is 140 g/mol. The second-order valence-electron chi connectivity index (χ2n) is 4.37. The third kappa shape index (κ3) is 1.32. The van der Waals surface area contributed by atoms with E-state index in [4.69, 9.17) is 0 Å². The van der Waals surface area contributed by atoms with Crippen LogP contribution in [-0.2, 0) is 4.79 Å². The molecule has 2 atom stereocenters. The van der Waals surface area contributed by atoms with Gasteiger partial charge in [-0.25, -0.2) is 0 Å². The fraction of sp³-hybridized carbons (Fsp3) is 0.889. The van der Waals surface area contributed by atoms with Gasteiger partial charge in [0.1, 0.15) is 6.29 Å². The van der Waals surface area contributed by atoms with Crippen LogP contribution in [0.4, 0.5) is 0 Å². The third-order valence-corrected chi connectivity index (χ3v) is 2.89. The number of carbonyl (C=O) groups excluding carboxylic acids is 1. The quantitative estimate of drug-likeness (QED) is 0.613. The number of aldehydes is 1. The highest BCUT2D eigenvalue weighted by Crippen LogP contribution is 2.49. The van der Waals surface area contributed by atoms with E-state index in [9.17, 15) is 9.90 Å². The second-order valence-corrected chi connectivity index (χ2v) is 4.37. The van der Waals surface area contributed by atoms with Gasteiger partial charge < -0.3 is 9.90 Å². The molecule has 0 aromatic rings. The molecule has 0 aromatic heterocycles. The fourth-order valence-corrected chi connectivity index (χ4v) is 2.05. The molecular formula is C9H16O2. The van der Waals surface area contributed by atoms with Gasteiger partial charge in [-0.1, -0.05) is 6.92 Å². The number of aliphatic hydroxyl groups is 1. The van der Waals surface area contributed by atoms with Crippen molar-refractivity contribution >= 4 is 6.29 Å². The summed E-state index contributed by atoms with van der Waals surface area (Å²) in [4.78, 5) is 10.7. The predicted molar refractivity (Wildman–Crippen MR) is 43.2 cm³/mol. The van der Waals surface area contributed by atoms with Crippen molar-refractivity contribution in [2.45, 2.75) is 39.2 Å². The van der Waals surface area contributed by atoms with E-state index in [1.165, 1.54) is 0 Å². The molecule has 1 rings (SSSR count). The molecule has 1 N–H and O–H groups in total. The molecule has 0 aromatic carbocycles. The third-order valence-electron chi connectivity index (χ3n) is 2.89. The van der Waals surface area contributed by atoms with Crippen molar-refractivity contribution in [2.75, 3.05) is 0 Å². The highest BCUT2D eigenvalue weighted by atomic mass is 16.3. The van der Waals surface area contributed by atoms with Gasteiger partial charge in [-0.3, -0.25) is 0 Å². The first-order valence-electron chi connectivity index (χ1n) is 4.09. The SMILES string of the molecule is CC(C)(O)[C@@H]1CC[C@]1(C)C=O. The standard InChI is InChI=1S/C9H16O2/c1-8(2,11)7-4-5-9(7,3)6-10/h6-7,11H,4-5H2,1-3H3/t7-,9+/m0/s1. The maximum absolute atomic E-state index is 10.7. The van der Waals surface area contributed by atoms with Crippen LogP contribution in [-0.4, -0.2) is 17.0 Å². The molecule has 1 saturated carbocycles. The Labute approximate surface area is 67.6 Å². The molecule has 11 heavy (non-hydrogen) atoms. The largest absolute Gasteiger partial charge is 0.390 e. The number of rotatable bonds is 2. The summed E-state index contributed by atoms with van der Waals surface area (Å²) in [7, 11) is 0. The summed E-state index contributed by atoms with van der Waals surface area (Å²) in [5.41, 5.74) is -0.966. The van der Waals surface area contributed by atoms with Crippen LogP contribution in [0.15, 0.2) is 0 Å². The van der Waals surface area contributed by atoms with E-state index >= 15 is 0 Å². The maximum Gasteiger partial charge on any atom is 0.126 e. The van der Waals surface area contributed by atoms with Gasteiger partial charge in [0.15, 0.2) is 0 Å². The lowest BCUT2D eigenvalue weighted by atomic mass is 9.57. The molecule has 64 valence electrons. The summed E-state index contributed by atoms with van der Waals surface area (Å²) in [5.74, 6) is 0.146. The van der Waals surface area contributed by atoms with Gasteiger partial charge in [0.05, 0.1) is 5.60 Å². The van der Waals surface area contributed by atoms with E-state index in [-0.39, 0.29) is 11.3 Å². The van der Waals surface area contributed by atoms with Crippen LogP contribution in [0.2, 0.25) is 0 Å². The van der Waals surface area contributed by atoms with Crippen molar-refractivity contribution in [3.8, 4) is 0 Å². The van der Waals surface area contributed by atoms with Gasteiger partial charge in [-0.15, -0.1) is 0 Å². The van der Waals surface area contributed by atoms with E-state index in [2.05, 4.69) is 0 Å². The van der Waals surface area contributed by atoms with E-state index < -0.39 is 5.60 Å². The minimum Gasteiger partial charge on any atom is -0.390 e. The Kier molecular flexibility index (Phi) is 1.83. The Morgan fingerprint density at radius 3 is 2.27 bits per heavy atom. The lowest BCUT2D eigenvalue weighted by Crippen LogP contribution is -2.50. The van der Waals surface area contributed by atoms with Crippen molar-refractivity contribution < 1.29 is 9.90 Å². The summed E-state index contributed by atoms with van der Waals surface area (Å²) in [5, 5.41) is 9.65. The van der Waals surface area contributed by atoms with Gasteiger partial charge >= 0.3 is 0 Å². The minimum atomic E-state index is -0.700. The summed E-state index contributed by atoms with van der Waals surface area (Å²) in [6, 6.07) is 0. The molecule has 1 fully saturated rings. The Morgan fingerprint density at radius 2 is 2.18 bits per heavy atom. The van der Waals surface area contributed by atoms with Gasteiger partial charge in [-0.2, -0.15) is 0 Å². The van der Waals surface area contributed by atoms with Gasteiger partial charge in [0.25, 0.3) is 0 Å². The van der Waals surface area contributed by atoms with E-state index in [1.807, 2.05) is 6.92 Å². The van der Waals surface area contributed by atoms with E-state index in [0.717, 1.165) is 19.1 Å². The molecule has 0 bridgehead atoms. The first kappa shape index (κ1) is 8.72. The Hall–Kier alpha value is -0.370. The zero-order chi connectivity index (χ0) is 8.70. The van der Waals surface area contributed by atoms with E-state index in [1.54, 1.807) is 13.8 Å². The number of hydrogen-bond donors (Lipinski definition) is 1. The van der Waals surface area contributed by atoms with E-state index in [0.29, 0.717) is 0 Å². The summed E-state index contributed by atoms with van der Waals surface area (Å²) < 4.78 is 0. The van der Waals surface area contributed by atoms with Crippen molar-refractivity contribution in [1.82, 2.24) is 0 Å². The normalized spacial score (nSPS) is 38.0. The molecule has 0 aliphatic heterocycles. The predicted octanol–water partition coefficient (Wildman–Crippen LogP) is 1.37. The lowest BCUT2D eigenvalue weighted by Gasteiger charge is -2.49. The zero-order valence-corrected chi connectivity index (χ0v) is 7.42. The molecule has 2 heteroatoms. The molecule has 1 aliphatic rings. The summed E-state index contributed by atoms with van der Waals surface area (Å²) >= 11 is 0. The van der Waals surface area contributed by atoms with Crippen LogP contribution >= 0.6 is 0 Å². The Morgan fingerprint density at radius 1 is 1.64 bits per heavy atom. The molecule has 0 saturated heterocycles. The average Bonchev–Trinajstić information content (AvgIpc) is 1.80. The summed E-state index contributed by atoms with van der Waals surface area (Å²) in [6.07, 6.45) is 2.88. The zero-order valence-electron chi connectivity index (χ0n) is 7.42. The van der Waals surface area contributed by atoms with Crippen LogP contribution in [0, 0.1) is 11.3 Å². The van der Waals surface area contributed by atoms with Crippen molar-refractivity contribution in [2.24, 2.45) is 11.3 Å². The molecule has 0 radical (unpaired) electrons. The van der Waals surface area contributed by atoms with Crippen molar-refractivity contribution in [1.29, 1.82) is 0 Å². The monoisotopic (exact) mass is 156 g/mol. The molecule has 0 amide bonds. The lowest BCUT2D eigenvalue weighted by molar-refractivity contribution is -0.141. The van der Waals surface area contributed by atoms with Gasteiger partial charge in [0.2, 0.25) is 0 Å². The van der Waals surface area contributed by atoms with Crippen molar-refractivity contribution in [3.05, 3.63) is 0 Å². The maximum atomic E-state index is 10.7. The molecule has 1 aliphatic carbocycles. The number of carbonyl (C=O) groups is 1. The van der Waals surface area contributed by atoms with Crippen LogP contribution in [0.1, 0.15) is 33.6 Å². The smallest absolute Gasteiger partial charge is 0.126 e. The average molecular weight is 156 g/mol. The second kappa shape index (κ2) is 2.31. The van der Waals surface area contributed by atoms with Crippen molar-refractivity contribution in [3.63, 3.8) is 0 Å². The van der Waals surface area contributed by atoms with Crippen LogP contribution in [0.3, 0.4) is 0 Å². The molecule has 0 spiro atoms. The summed E-state index contributed by atoms with van der Waals surface area (Å²) in [6.45, 7) is 5.48. The highest BCUT2D eigenvalue weighted by molar-refractivity contribution is 5.61. The number of hydrogen-bond acceptors (Lipinski definition) is 2. The van der Waals surface area contributed by atoms with Crippen LogP contribution in [0.25, 0.3) is 0 Å². The first-order chi connectivity index (χ1) is 4.90. The highest BCUT2D eigenvalue weighted by Gasteiger charge is 2.49. The van der Waals surface area contributed by atoms with Crippen LogP contribution < -0.4 is 0 Å². The molecule has 0 heterocycles. The minimum absolute atomic E-state index is 0.146. The van der Waals surface area contributed by atoms with Gasteiger partial charge in [-0.05, 0) is 32.6 Å². The Bertz CT molecular complexity index is 169.